The predicted octanol–water partition coefficient (Wildman–Crippen LogP) is 3.65. The molecular formula is C15H16F2N2O. The summed E-state index contributed by atoms with van der Waals surface area (Å²) in [5.41, 5.74) is 0.972. The highest BCUT2D eigenvalue weighted by Crippen LogP contribution is 2.24. The Morgan fingerprint density at radius 1 is 1.20 bits per heavy atom. The van der Waals surface area contributed by atoms with Gasteiger partial charge in [0, 0.05) is 24.9 Å². The van der Waals surface area contributed by atoms with E-state index in [1.54, 1.807) is 12.3 Å². The molecule has 0 spiro atoms. The molecule has 20 heavy (non-hydrogen) atoms. The Hall–Kier alpha value is -2.01. The van der Waals surface area contributed by atoms with Gasteiger partial charge in [-0.3, -0.25) is 0 Å². The van der Waals surface area contributed by atoms with E-state index in [0.717, 1.165) is 36.7 Å². The molecule has 0 saturated carbocycles. The molecule has 0 aliphatic rings. The van der Waals surface area contributed by atoms with Crippen molar-refractivity contribution in [2.45, 2.75) is 19.9 Å². The summed E-state index contributed by atoms with van der Waals surface area (Å²) in [5.74, 6) is -1.11. The first-order valence-corrected chi connectivity index (χ1v) is 6.47. The van der Waals surface area contributed by atoms with Crippen molar-refractivity contribution in [2.24, 2.45) is 0 Å². The van der Waals surface area contributed by atoms with Gasteiger partial charge in [0.15, 0.2) is 11.6 Å². The van der Waals surface area contributed by atoms with Gasteiger partial charge in [0.2, 0.25) is 5.88 Å². The molecule has 5 heteroatoms. The molecule has 1 heterocycles. The Balaban J connectivity index is 2.09. The molecule has 0 fully saturated rings. The van der Waals surface area contributed by atoms with E-state index in [9.17, 15) is 8.78 Å². The van der Waals surface area contributed by atoms with Crippen molar-refractivity contribution >= 4 is 0 Å². The van der Waals surface area contributed by atoms with E-state index < -0.39 is 11.6 Å². The Bertz CT molecular complexity index is 576. The SMILES string of the molecule is CCCNCc1ccnc(Oc2cc(F)ccc2F)c1. The van der Waals surface area contributed by atoms with E-state index in [0.29, 0.717) is 6.54 Å². The molecule has 1 aromatic heterocycles. The third-order valence-corrected chi connectivity index (χ3v) is 2.66. The highest BCUT2D eigenvalue weighted by molar-refractivity contribution is 5.30. The second-order valence-corrected chi connectivity index (χ2v) is 4.36. The topological polar surface area (TPSA) is 34.2 Å². The van der Waals surface area contributed by atoms with Crippen LogP contribution >= 0.6 is 0 Å². The molecule has 2 rings (SSSR count). The monoisotopic (exact) mass is 278 g/mol. The lowest BCUT2D eigenvalue weighted by molar-refractivity contribution is 0.421. The second-order valence-electron chi connectivity index (χ2n) is 4.36. The Morgan fingerprint density at radius 2 is 2.05 bits per heavy atom. The minimum atomic E-state index is -0.622. The van der Waals surface area contributed by atoms with Gasteiger partial charge in [0.25, 0.3) is 0 Å². The first-order valence-electron chi connectivity index (χ1n) is 6.47. The lowest BCUT2D eigenvalue weighted by Crippen LogP contribution is -2.13. The number of hydrogen-bond acceptors (Lipinski definition) is 3. The van der Waals surface area contributed by atoms with E-state index in [4.69, 9.17) is 4.74 Å². The number of halogens is 2. The van der Waals surface area contributed by atoms with Gasteiger partial charge in [-0.1, -0.05) is 6.92 Å². The molecule has 3 nitrogen and oxygen atoms in total. The lowest BCUT2D eigenvalue weighted by atomic mass is 10.2. The number of nitrogens with zero attached hydrogens (tertiary/aromatic N) is 1. The summed E-state index contributed by atoms with van der Waals surface area (Å²) >= 11 is 0. The van der Waals surface area contributed by atoms with E-state index in [2.05, 4.69) is 17.2 Å². The summed E-state index contributed by atoms with van der Waals surface area (Å²) < 4.78 is 31.8. The highest BCUT2D eigenvalue weighted by Gasteiger charge is 2.07. The zero-order valence-corrected chi connectivity index (χ0v) is 11.2. The van der Waals surface area contributed by atoms with Crippen LogP contribution in [-0.4, -0.2) is 11.5 Å². The molecule has 0 saturated heterocycles. The molecule has 0 aliphatic heterocycles. The van der Waals surface area contributed by atoms with Gasteiger partial charge in [0.05, 0.1) is 0 Å². The van der Waals surface area contributed by atoms with E-state index in [1.807, 2.05) is 6.07 Å². The van der Waals surface area contributed by atoms with Crippen LogP contribution in [0.5, 0.6) is 11.6 Å². The van der Waals surface area contributed by atoms with E-state index >= 15 is 0 Å². The molecule has 0 aliphatic carbocycles. The molecule has 0 amide bonds. The van der Waals surface area contributed by atoms with Gasteiger partial charge in [0.1, 0.15) is 5.82 Å². The van der Waals surface area contributed by atoms with Gasteiger partial charge in [-0.25, -0.2) is 13.8 Å². The molecule has 2 aromatic rings. The Morgan fingerprint density at radius 3 is 2.85 bits per heavy atom. The smallest absolute Gasteiger partial charge is 0.219 e. The van der Waals surface area contributed by atoms with E-state index in [-0.39, 0.29) is 11.6 Å². The van der Waals surface area contributed by atoms with Gasteiger partial charge in [-0.2, -0.15) is 0 Å². The molecule has 0 unspecified atom stereocenters. The summed E-state index contributed by atoms with van der Waals surface area (Å²) in [4.78, 5) is 3.99. The van der Waals surface area contributed by atoms with Crippen LogP contribution in [-0.2, 0) is 6.54 Å². The average molecular weight is 278 g/mol. The van der Waals surface area contributed by atoms with Crippen molar-refractivity contribution in [3.05, 3.63) is 53.7 Å². The van der Waals surface area contributed by atoms with Crippen LogP contribution in [0.3, 0.4) is 0 Å². The summed E-state index contributed by atoms with van der Waals surface area (Å²) in [6.07, 6.45) is 2.62. The standard InChI is InChI=1S/C15H16F2N2O/c1-2-6-18-10-11-5-7-19-15(8-11)20-14-9-12(16)3-4-13(14)17/h3-5,7-9,18H,2,6,10H2,1H3. The summed E-state index contributed by atoms with van der Waals surface area (Å²) in [6.45, 7) is 3.68. The minimum Gasteiger partial charge on any atom is -0.436 e. The number of hydrogen-bond donors (Lipinski definition) is 1. The fraction of sp³-hybridized carbons (Fsp3) is 0.267. The summed E-state index contributed by atoms with van der Waals surface area (Å²) in [7, 11) is 0. The number of ether oxygens (including phenoxy) is 1. The normalized spacial score (nSPS) is 10.6. The third kappa shape index (κ3) is 3.99. The lowest BCUT2D eigenvalue weighted by Gasteiger charge is -2.08. The predicted molar refractivity (Wildman–Crippen MR) is 72.7 cm³/mol. The number of nitrogens with one attached hydrogen (secondary N) is 1. The number of pyridine rings is 1. The zero-order valence-electron chi connectivity index (χ0n) is 11.2. The quantitative estimate of drug-likeness (QED) is 0.819. The molecule has 1 aromatic carbocycles. The maximum absolute atomic E-state index is 13.5. The van der Waals surface area contributed by atoms with Gasteiger partial charge in [-0.15, -0.1) is 0 Å². The Kier molecular flexibility index (Phi) is 5.01. The second kappa shape index (κ2) is 6.96. The highest BCUT2D eigenvalue weighted by atomic mass is 19.1. The molecule has 0 bridgehead atoms. The van der Waals surface area contributed by atoms with Crippen molar-refractivity contribution in [1.82, 2.24) is 10.3 Å². The van der Waals surface area contributed by atoms with Crippen LogP contribution in [0.25, 0.3) is 0 Å². The van der Waals surface area contributed by atoms with Crippen LogP contribution in [0.4, 0.5) is 8.78 Å². The van der Waals surface area contributed by atoms with Crippen LogP contribution < -0.4 is 10.1 Å². The third-order valence-electron chi connectivity index (χ3n) is 2.66. The molecular weight excluding hydrogens is 262 g/mol. The first-order chi connectivity index (χ1) is 9.69. The maximum Gasteiger partial charge on any atom is 0.219 e. The molecule has 0 radical (unpaired) electrons. The molecule has 106 valence electrons. The summed E-state index contributed by atoms with van der Waals surface area (Å²) in [5, 5.41) is 3.25. The summed E-state index contributed by atoms with van der Waals surface area (Å²) in [6, 6.07) is 6.61. The minimum absolute atomic E-state index is 0.170. The molecule has 1 N–H and O–H groups in total. The average Bonchev–Trinajstić information content (AvgIpc) is 2.44. The first kappa shape index (κ1) is 14.4. The van der Waals surface area contributed by atoms with Crippen molar-refractivity contribution in [3.63, 3.8) is 0 Å². The fourth-order valence-electron chi connectivity index (χ4n) is 1.69. The van der Waals surface area contributed by atoms with Gasteiger partial charge < -0.3 is 10.1 Å². The number of aromatic nitrogens is 1. The van der Waals surface area contributed by atoms with Crippen LogP contribution in [0.2, 0.25) is 0 Å². The van der Waals surface area contributed by atoms with Crippen LogP contribution in [0.1, 0.15) is 18.9 Å². The van der Waals surface area contributed by atoms with Crippen LogP contribution in [0, 0.1) is 11.6 Å². The van der Waals surface area contributed by atoms with E-state index in [1.165, 1.54) is 0 Å². The largest absolute Gasteiger partial charge is 0.436 e. The van der Waals surface area contributed by atoms with Crippen molar-refractivity contribution < 1.29 is 13.5 Å². The van der Waals surface area contributed by atoms with Crippen molar-refractivity contribution in [2.75, 3.05) is 6.54 Å². The number of rotatable bonds is 6. The van der Waals surface area contributed by atoms with Crippen molar-refractivity contribution in [3.8, 4) is 11.6 Å². The van der Waals surface area contributed by atoms with Crippen molar-refractivity contribution in [1.29, 1.82) is 0 Å². The van der Waals surface area contributed by atoms with Gasteiger partial charge >= 0.3 is 0 Å². The number of benzene rings is 1. The van der Waals surface area contributed by atoms with Gasteiger partial charge in [-0.05, 0) is 36.7 Å². The van der Waals surface area contributed by atoms with Crippen LogP contribution in [0.15, 0.2) is 36.5 Å². The fourth-order valence-corrected chi connectivity index (χ4v) is 1.69. The Labute approximate surface area is 116 Å². The maximum atomic E-state index is 13.5. The molecule has 0 atom stereocenters. The zero-order chi connectivity index (χ0) is 14.4.